The monoisotopic (exact) mass is 642 g/mol. The molecule has 0 radical (unpaired) electrons. The molecule has 1 unspecified atom stereocenters. The van der Waals surface area contributed by atoms with Gasteiger partial charge in [0.2, 0.25) is 5.95 Å². The van der Waals surface area contributed by atoms with Gasteiger partial charge in [-0.3, -0.25) is 0 Å². The molecule has 2 aromatic carbocycles. The van der Waals surface area contributed by atoms with E-state index in [4.69, 9.17) is 0 Å². The number of rotatable bonds is 12. The summed E-state index contributed by atoms with van der Waals surface area (Å²) in [6, 6.07) is 12.3. The van der Waals surface area contributed by atoms with Gasteiger partial charge in [-0.25, -0.2) is 27.9 Å². The fourth-order valence-corrected chi connectivity index (χ4v) is 7.80. The number of carboxylic acids is 1. The topological polar surface area (TPSA) is 121 Å². The van der Waals surface area contributed by atoms with Gasteiger partial charge in [0.15, 0.2) is 0 Å². The van der Waals surface area contributed by atoms with E-state index in [1.165, 1.54) is 31.0 Å². The zero-order valence-electron chi connectivity index (χ0n) is 25.2. The van der Waals surface area contributed by atoms with Crippen LogP contribution in [0, 0.1) is 24.7 Å². The Hall–Kier alpha value is -3.51. The van der Waals surface area contributed by atoms with E-state index < -0.39 is 27.6 Å². The number of aromatic carboxylic acids is 1. The van der Waals surface area contributed by atoms with Crippen LogP contribution in [0.5, 0.6) is 0 Å². The van der Waals surface area contributed by atoms with Gasteiger partial charge >= 0.3 is 12.1 Å². The molecular formula is C33H37F3N4O4S. The number of hydrogen-bond donors (Lipinski definition) is 3. The largest absolute Gasteiger partial charge is 0.478 e. The number of anilines is 1. The summed E-state index contributed by atoms with van der Waals surface area (Å²) >= 11 is 0. The van der Waals surface area contributed by atoms with Crippen LogP contribution in [0.2, 0.25) is 0 Å². The number of nitrogens with zero attached hydrogens (tertiary/aromatic N) is 2. The molecule has 3 fully saturated rings. The lowest BCUT2D eigenvalue weighted by molar-refractivity contribution is -0.191. The number of carbonyl (C=O) groups is 1. The highest BCUT2D eigenvalue weighted by atomic mass is 32.2. The van der Waals surface area contributed by atoms with Crippen molar-refractivity contribution in [2.45, 2.75) is 94.8 Å². The second-order valence-electron chi connectivity index (χ2n) is 13.3. The van der Waals surface area contributed by atoms with Gasteiger partial charge in [0.1, 0.15) is 0 Å². The van der Waals surface area contributed by atoms with Crippen molar-refractivity contribution in [3.05, 3.63) is 70.9 Å². The van der Waals surface area contributed by atoms with Crippen molar-refractivity contribution in [3.63, 3.8) is 0 Å². The summed E-state index contributed by atoms with van der Waals surface area (Å²) in [5.41, 5.74) is 2.20. The van der Waals surface area contributed by atoms with Crippen molar-refractivity contribution in [3.8, 4) is 11.3 Å². The van der Waals surface area contributed by atoms with Gasteiger partial charge in [-0.1, -0.05) is 24.3 Å². The lowest BCUT2D eigenvalue weighted by Crippen LogP contribution is -2.49. The van der Waals surface area contributed by atoms with E-state index in [2.05, 4.69) is 20.0 Å². The van der Waals surface area contributed by atoms with Gasteiger partial charge in [0.05, 0.1) is 21.6 Å². The Morgan fingerprint density at radius 3 is 2.29 bits per heavy atom. The Kier molecular flexibility index (Phi) is 7.96. The van der Waals surface area contributed by atoms with Crippen LogP contribution >= 0.6 is 0 Å². The molecule has 1 heterocycles. The molecule has 8 nitrogen and oxygen atoms in total. The number of benzene rings is 2. The van der Waals surface area contributed by atoms with Crippen LogP contribution < -0.4 is 10.0 Å². The quantitative estimate of drug-likeness (QED) is 0.198. The van der Waals surface area contributed by atoms with Crippen molar-refractivity contribution < 1.29 is 31.5 Å². The number of alkyl halides is 3. The van der Waals surface area contributed by atoms with Crippen LogP contribution in [0.1, 0.15) is 78.5 Å². The Labute approximate surface area is 260 Å². The van der Waals surface area contributed by atoms with Gasteiger partial charge in [0, 0.05) is 23.3 Å². The van der Waals surface area contributed by atoms with E-state index >= 15 is 0 Å². The molecule has 1 atom stereocenters. The first-order chi connectivity index (χ1) is 21.2. The van der Waals surface area contributed by atoms with Crippen LogP contribution in [0.25, 0.3) is 11.3 Å². The highest BCUT2D eigenvalue weighted by Gasteiger charge is 2.63. The molecule has 6 rings (SSSR count). The lowest BCUT2D eigenvalue weighted by Gasteiger charge is -2.40. The first-order valence-corrected chi connectivity index (χ1v) is 16.8. The van der Waals surface area contributed by atoms with Crippen molar-refractivity contribution >= 4 is 21.9 Å². The summed E-state index contributed by atoms with van der Waals surface area (Å²) in [6.45, 7) is 3.84. The summed E-state index contributed by atoms with van der Waals surface area (Å²) in [5, 5.41) is 12.9. The van der Waals surface area contributed by atoms with Crippen LogP contribution in [0.15, 0.2) is 53.4 Å². The molecule has 3 aromatic rings. The summed E-state index contributed by atoms with van der Waals surface area (Å²) in [5.74, 6) is -1.46. The van der Waals surface area contributed by atoms with E-state index in [1.54, 1.807) is 6.07 Å². The predicted octanol–water partition coefficient (Wildman–Crippen LogP) is 6.83. The van der Waals surface area contributed by atoms with Crippen molar-refractivity contribution in [1.82, 2.24) is 15.3 Å². The average molecular weight is 643 g/mol. The third kappa shape index (κ3) is 6.72. The zero-order valence-corrected chi connectivity index (χ0v) is 26.1. The van der Waals surface area contributed by atoms with Crippen LogP contribution in [-0.2, 0) is 16.4 Å². The molecule has 0 bridgehead atoms. The number of nitrogens with one attached hydrogen (secondary N) is 2. The highest BCUT2D eigenvalue weighted by molar-refractivity contribution is 7.92. The first-order valence-electron chi connectivity index (χ1n) is 15.3. The predicted molar refractivity (Wildman–Crippen MR) is 163 cm³/mol. The molecule has 12 heteroatoms. The molecule has 0 amide bonds. The van der Waals surface area contributed by atoms with Crippen molar-refractivity contribution in [2.75, 3.05) is 4.72 Å². The number of sulfonamides is 1. The molecule has 45 heavy (non-hydrogen) atoms. The minimum absolute atomic E-state index is 0.00818. The fourth-order valence-electron chi connectivity index (χ4n) is 6.81. The van der Waals surface area contributed by atoms with Crippen LogP contribution in [-0.4, -0.2) is 47.7 Å². The summed E-state index contributed by atoms with van der Waals surface area (Å²) in [7, 11) is -4.26. The van der Waals surface area contributed by atoms with Crippen molar-refractivity contribution in [2.24, 2.45) is 10.8 Å². The lowest BCUT2D eigenvalue weighted by atomic mass is 9.76. The second-order valence-corrected chi connectivity index (χ2v) is 14.9. The van der Waals surface area contributed by atoms with Crippen LogP contribution in [0.3, 0.4) is 0 Å². The first kappa shape index (κ1) is 31.5. The van der Waals surface area contributed by atoms with Gasteiger partial charge in [-0.2, -0.15) is 13.2 Å². The molecule has 1 aromatic heterocycles. The van der Waals surface area contributed by atoms with Crippen molar-refractivity contribution in [1.29, 1.82) is 0 Å². The third-order valence-electron chi connectivity index (χ3n) is 9.76. The molecule has 3 aliphatic rings. The summed E-state index contributed by atoms with van der Waals surface area (Å²) < 4.78 is 71.0. The second kappa shape index (κ2) is 11.4. The standard InChI is InChI=1S/C33H37F3N4O4S/c1-20-5-3-6-21(2)28(20)27-16-23(38-30(39-27)40-45(43,44)26-8-4-7-22(15-26)29(41)42)9-10-24(19-32(13-14-32)33(34,35)36)37-25-17-31(18-25)11-12-31/h3-8,15-16,24-25,37H,9-14,17-19H2,1-2H3,(H,41,42)(H,38,39,40). The van der Waals surface area contributed by atoms with Gasteiger partial charge in [-0.05, 0) is 112 Å². The average Bonchev–Trinajstić information content (AvgIpc) is 3.87. The minimum Gasteiger partial charge on any atom is -0.478 e. The SMILES string of the molecule is Cc1cccc(C)c1-c1cc(CCC(CC2(C(F)(F)F)CC2)NC2CC3(CC3)C2)nc(NS(=O)(=O)c2cccc(C(=O)O)c2)n1. The third-order valence-corrected chi connectivity index (χ3v) is 11.1. The number of hydrogen-bond acceptors (Lipinski definition) is 6. The van der Waals surface area contributed by atoms with E-state index in [1.807, 2.05) is 32.0 Å². The van der Waals surface area contributed by atoms with E-state index in [9.17, 15) is 31.5 Å². The normalized spacial score (nSPS) is 19.1. The highest BCUT2D eigenvalue weighted by Crippen LogP contribution is 2.62. The van der Waals surface area contributed by atoms with Gasteiger partial charge < -0.3 is 10.4 Å². The van der Waals surface area contributed by atoms with E-state index in [0.29, 0.717) is 29.6 Å². The minimum atomic E-state index is -4.26. The maximum Gasteiger partial charge on any atom is 0.394 e. The van der Waals surface area contributed by atoms with E-state index in [-0.39, 0.29) is 47.8 Å². The van der Waals surface area contributed by atoms with Gasteiger partial charge in [0.25, 0.3) is 10.0 Å². The molecule has 0 aliphatic heterocycles. The summed E-state index contributed by atoms with van der Waals surface area (Å²) in [4.78, 5) is 20.2. The molecule has 0 saturated heterocycles. The maximum atomic E-state index is 14.0. The fraction of sp³-hybridized carbons (Fsp3) is 0.485. The molecule has 3 saturated carbocycles. The summed E-state index contributed by atoms with van der Waals surface area (Å²) in [6.07, 6.45) is 1.15. The molecule has 1 spiro atoms. The van der Waals surface area contributed by atoms with Gasteiger partial charge in [-0.15, -0.1) is 0 Å². The number of aryl methyl sites for hydroxylation is 3. The molecule has 3 N–H and O–H groups in total. The number of halogens is 3. The number of aromatic nitrogens is 2. The Bertz CT molecular complexity index is 1710. The zero-order chi connectivity index (χ0) is 32.2. The number of carboxylic acid groups (broad SMARTS) is 1. The van der Waals surface area contributed by atoms with Crippen LogP contribution in [0.4, 0.5) is 19.1 Å². The maximum absolute atomic E-state index is 14.0. The Balaban J connectivity index is 1.29. The smallest absolute Gasteiger partial charge is 0.394 e. The van der Waals surface area contributed by atoms with E-state index in [0.717, 1.165) is 35.6 Å². The Morgan fingerprint density at radius 1 is 1.02 bits per heavy atom. The molecular weight excluding hydrogens is 605 g/mol. The molecule has 3 aliphatic carbocycles. The Morgan fingerprint density at radius 2 is 1.69 bits per heavy atom. The molecule has 240 valence electrons.